The van der Waals surface area contributed by atoms with E-state index >= 15 is 0 Å². The normalized spacial score (nSPS) is 19.4. The molecular formula is C19H34O. The zero-order chi connectivity index (χ0) is 15.3. The minimum absolute atomic E-state index is 0.246. The van der Waals surface area contributed by atoms with Crippen molar-refractivity contribution in [2.24, 2.45) is 17.8 Å². The molecule has 1 rings (SSSR count). The molecule has 0 heterocycles. The minimum atomic E-state index is 0.246. The zero-order valence-electron chi connectivity index (χ0n) is 14.6. The van der Waals surface area contributed by atoms with Crippen molar-refractivity contribution < 1.29 is 4.74 Å². The van der Waals surface area contributed by atoms with E-state index in [4.69, 9.17) is 4.74 Å². The van der Waals surface area contributed by atoms with Crippen molar-refractivity contribution in [3.8, 4) is 0 Å². The van der Waals surface area contributed by atoms with Gasteiger partial charge in [0.1, 0.15) is 0 Å². The van der Waals surface area contributed by atoms with Crippen LogP contribution in [0.1, 0.15) is 67.2 Å². The summed E-state index contributed by atoms with van der Waals surface area (Å²) >= 11 is 0. The first-order chi connectivity index (χ1) is 9.40. The molecule has 116 valence electrons. The van der Waals surface area contributed by atoms with Gasteiger partial charge in [-0.25, -0.2) is 0 Å². The van der Waals surface area contributed by atoms with Crippen LogP contribution in [0.5, 0.6) is 0 Å². The van der Waals surface area contributed by atoms with Crippen molar-refractivity contribution in [2.45, 2.75) is 73.3 Å². The molecule has 0 bridgehead atoms. The van der Waals surface area contributed by atoms with E-state index in [9.17, 15) is 0 Å². The Labute approximate surface area is 126 Å². The maximum atomic E-state index is 5.87. The highest BCUT2D eigenvalue weighted by molar-refractivity contribution is 5.40. The fourth-order valence-electron chi connectivity index (χ4n) is 3.52. The highest BCUT2D eigenvalue weighted by Gasteiger charge is 2.27. The predicted molar refractivity (Wildman–Crippen MR) is 88.9 cm³/mol. The fourth-order valence-corrected chi connectivity index (χ4v) is 3.52. The molecule has 1 aliphatic carbocycles. The average molecular weight is 278 g/mol. The lowest BCUT2D eigenvalue weighted by Crippen LogP contribution is -2.27. The van der Waals surface area contributed by atoms with Gasteiger partial charge in [0.15, 0.2) is 0 Å². The third kappa shape index (κ3) is 4.22. The molecule has 0 radical (unpaired) electrons. The third-order valence-electron chi connectivity index (χ3n) is 4.31. The fraction of sp³-hybridized carbons (Fsp3) is 0.789. The van der Waals surface area contributed by atoms with Gasteiger partial charge >= 0.3 is 0 Å². The van der Waals surface area contributed by atoms with Crippen molar-refractivity contribution >= 4 is 0 Å². The summed E-state index contributed by atoms with van der Waals surface area (Å²) in [4.78, 5) is 0. The van der Waals surface area contributed by atoms with Crippen molar-refractivity contribution in [3.63, 3.8) is 0 Å². The van der Waals surface area contributed by atoms with Crippen molar-refractivity contribution in [2.75, 3.05) is 7.11 Å². The van der Waals surface area contributed by atoms with Gasteiger partial charge < -0.3 is 4.74 Å². The average Bonchev–Trinajstić information content (AvgIpc) is 2.38. The summed E-state index contributed by atoms with van der Waals surface area (Å²) < 4.78 is 5.87. The number of allylic oxidation sites excluding steroid dienone is 3. The minimum Gasteiger partial charge on any atom is -0.377 e. The largest absolute Gasteiger partial charge is 0.377 e. The van der Waals surface area contributed by atoms with Crippen LogP contribution in [0.25, 0.3) is 0 Å². The standard InChI is InChI=1S/C19H34O/c1-13(2)17(16-11-9-8-10-12-16)18(14(3)4)19(20-7)15(5)6/h11,13-15,19H,8-10,12H2,1-7H3/b18-17-/t19-/m1/s1. The lowest BCUT2D eigenvalue weighted by atomic mass is 9.78. The van der Waals surface area contributed by atoms with Gasteiger partial charge in [0.2, 0.25) is 0 Å². The predicted octanol–water partition coefficient (Wildman–Crippen LogP) is 5.77. The second-order valence-electron chi connectivity index (χ2n) is 7.05. The highest BCUT2D eigenvalue weighted by atomic mass is 16.5. The maximum Gasteiger partial charge on any atom is 0.0812 e. The van der Waals surface area contributed by atoms with E-state index in [1.807, 2.05) is 7.11 Å². The number of hydrogen-bond acceptors (Lipinski definition) is 1. The van der Waals surface area contributed by atoms with Gasteiger partial charge in [-0.2, -0.15) is 0 Å². The van der Waals surface area contributed by atoms with Gasteiger partial charge in [-0.05, 0) is 60.2 Å². The van der Waals surface area contributed by atoms with Crippen LogP contribution in [0.4, 0.5) is 0 Å². The molecule has 0 saturated carbocycles. The van der Waals surface area contributed by atoms with Crippen LogP contribution in [-0.2, 0) is 4.74 Å². The van der Waals surface area contributed by atoms with E-state index in [1.54, 1.807) is 11.1 Å². The van der Waals surface area contributed by atoms with Gasteiger partial charge in [-0.1, -0.05) is 47.6 Å². The maximum absolute atomic E-state index is 5.87. The van der Waals surface area contributed by atoms with E-state index in [2.05, 4.69) is 47.6 Å². The lowest BCUT2D eigenvalue weighted by molar-refractivity contribution is 0.0855. The van der Waals surface area contributed by atoms with Crippen LogP contribution in [0, 0.1) is 17.8 Å². The summed E-state index contributed by atoms with van der Waals surface area (Å²) in [7, 11) is 1.86. The van der Waals surface area contributed by atoms with E-state index in [0.29, 0.717) is 17.8 Å². The molecule has 0 amide bonds. The number of rotatable bonds is 6. The quantitative estimate of drug-likeness (QED) is 0.599. The smallest absolute Gasteiger partial charge is 0.0812 e. The van der Waals surface area contributed by atoms with Gasteiger partial charge in [-0.15, -0.1) is 0 Å². The molecule has 0 fully saturated rings. The molecule has 1 atom stereocenters. The van der Waals surface area contributed by atoms with E-state index in [1.165, 1.54) is 31.3 Å². The zero-order valence-corrected chi connectivity index (χ0v) is 14.6. The van der Waals surface area contributed by atoms with E-state index in [0.717, 1.165) is 0 Å². The molecular weight excluding hydrogens is 244 g/mol. The second kappa shape index (κ2) is 8.02. The number of hydrogen-bond donors (Lipinski definition) is 0. The lowest BCUT2D eigenvalue weighted by Gasteiger charge is -2.32. The molecule has 0 N–H and O–H groups in total. The summed E-state index contributed by atoms with van der Waals surface area (Å²) in [6, 6.07) is 0. The Hall–Kier alpha value is -0.560. The summed E-state index contributed by atoms with van der Waals surface area (Å²) in [5.74, 6) is 1.64. The van der Waals surface area contributed by atoms with Crippen LogP contribution in [0.15, 0.2) is 22.8 Å². The molecule has 20 heavy (non-hydrogen) atoms. The van der Waals surface area contributed by atoms with Crippen molar-refractivity contribution in [3.05, 3.63) is 22.8 Å². The summed E-state index contributed by atoms with van der Waals surface area (Å²) in [5, 5.41) is 0. The Bertz CT molecular complexity index is 358. The Morgan fingerprint density at radius 2 is 1.65 bits per heavy atom. The van der Waals surface area contributed by atoms with E-state index in [-0.39, 0.29) is 6.10 Å². The summed E-state index contributed by atoms with van der Waals surface area (Å²) in [6.45, 7) is 13.8. The Balaban J connectivity index is 3.35. The van der Waals surface area contributed by atoms with Crippen LogP contribution < -0.4 is 0 Å². The molecule has 0 spiro atoms. The molecule has 0 unspecified atom stereocenters. The van der Waals surface area contributed by atoms with E-state index < -0.39 is 0 Å². The molecule has 0 aromatic carbocycles. The van der Waals surface area contributed by atoms with Gasteiger partial charge in [-0.3, -0.25) is 0 Å². The molecule has 1 heteroatoms. The highest BCUT2D eigenvalue weighted by Crippen LogP contribution is 2.36. The van der Waals surface area contributed by atoms with Crippen molar-refractivity contribution in [1.82, 2.24) is 0 Å². The van der Waals surface area contributed by atoms with Gasteiger partial charge in [0.05, 0.1) is 6.10 Å². The first-order valence-corrected chi connectivity index (χ1v) is 8.36. The van der Waals surface area contributed by atoms with Crippen LogP contribution in [0.2, 0.25) is 0 Å². The Kier molecular flexibility index (Phi) is 7.02. The Morgan fingerprint density at radius 1 is 1.00 bits per heavy atom. The monoisotopic (exact) mass is 278 g/mol. The first kappa shape index (κ1) is 17.5. The molecule has 1 aliphatic rings. The second-order valence-corrected chi connectivity index (χ2v) is 7.05. The number of ether oxygens (including phenoxy) is 1. The topological polar surface area (TPSA) is 9.23 Å². The molecule has 0 aliphatic heterocycles. The van der Waals surface area contributed by atoms with Crippen LogP contribution >= 0.6 is 0 Å². The van der Waals surface area contributed by atoms with Crippen LogP contribution in [0.3, 0.4) is 0 Å². The molecule has 0 aromatic rings. The van der Waals surface area contributed by atoms with Crippen molar-refractivity contribution in [1.29, 1.82) is 0 Å². The number of methoxy groups -OCH3 is 1. The van der Waals surface area contributed by atoms with Gasteiger partial charge in [0, 0.05) is 7.11 Å². The third-order valence-corrected chi connectivity index (χ3v) is 4.31. The van der Waals surface area contributed by atoms with Crippen LogP contribution in [-0.4, -0.2) is 13.2 Å². The molecule has 0 saturated heterocycles. The molecule has 1 nitrogen and oxygen atoms in total. The van der Waals surface area contributed by atoms with Gasteiger partial charge in [0.25, 0.3) is 0 Å². The SMILES string of the molecule is CO[C@@H](/C(=C(\C1=CCCCC1)C(C)C)C(C)C)C(C)C. The summed E-state index contributed by atoms with van der Waals surface area (Å²) in [5.41, 5.74) is 4.71. The summed E-state index contributed by atoms with van der Waals surface area (Å²) in [6.07, 6.45) is 7.91. The first-order valence-electron chi connectivity index (χ1n) is 8.36. The Morgan fingerprint density at radius 3 is 2.00 bits per heavy atom. The molecule has 0 aromatic heterocycles.